The van der Waals surface area contributed by atoms with Crippen LogP contribution in [-0.2, 0) is 5.54 Å². The van der Waals surface area contributed by atoms with Crippen LogP contribution in [0, 0.1) is 0 Å². The van der Waals surface area contributed by atoms with E-state index in [-0.39, 0.29) is 5.54 Å². The van der Waals surface area contributed by atoms with Gasteiger partial charge in [0.2, 0.25) is 0 Å². The summed E-state index contributed by atoms with van der Waals surface area (Å²) in [5.41, 5.74) is 2.04. The summed E-state index contributed by atoms with van der Waals surface area (Å²) < 4.78 is 2.06. The van der Waals surface area contributed by atoms with Gasteiger partial charge < -0.3 is 9.88 Å². The monoisotopic (exact) mass is 249 g/mol. The minimum atomic E-state index is -0.129. The van der Waals surface area contributed by atoms with E-state index in [0.29, 0.717) is 0 Å². The molecule has 0 spiro atoms. The minimum Gasteiger partial charge on any atom is -0.310 e. The number of hydrogen-bond donors (Lipinski definition) is 1. The maximum Gasteiger partial charge on any atom is 0.0994 e. The van der Waals surface area contributed by atoms with Crippen LogP contribution < -0.4 is 5.32 Å². The first-order valence-electron chi connectivity index (χ1n) is 5.52. The van der Waals surface area contributed by atoms with E-state index in [9.17, 15) is 0 Å². The van der Waals surface area contributed by atoms with Crippen LogP contribution >= 0.6 is 11.6 Å². The van der Waals surface area contributed by atoms with Crippen molar-refractivity contribution in [3.05, 3.63) is 47.5 Å². The lowest BCUT2D eigenvalue weighted by Crippen LogP contribution is -2.35. The minimum absolute atomic E-state index is 0.129. The molecule has 1 heterocycles. The maximum atomic E-state index is 5.89. The van der Waals surface area contributed by atoms with Crippen molar-refractivity contribution in [3.63, 3.8) is 0 Å². The second-order valence-electron chi connectivity index (χ2n) is 4.50. The number of aromatic nitrogens is 2. The number of benzene rings is 1. The molecule has 0 aliphatic heterocycles. The molecule has 2 aromatic rings. The first-order valence-corrected chi connectivity index (χ1v) is 5.90. The van der Waals surface area contributed by atoms with E-state index in [1.165, 1.54) is 0 Å². The topological polar surface area (TPSA) is 29.9 Å². The van der Waals surface area contributed by atoms with E-state index in [0.717, 1.165) is 16.4 Å². The standard InChI is InChI=1S/C13H16ClN3/c1-13(2,15-3)12-8-16-9-17(12)11-6-4-10(14)5-7-11/h4-9,15H,1-3H3. The largest absolute Gasteiger partial charge is 0.310 e. The molecule has 0 unspecified atom stereocenters. The van der Waals surface area contributed by atoms with Crippen molar-refractivity contribution in [1.29, 1.82) is 0 Å². The summed E-state index contributed by atoms with van der Waals surface area (Å²) in [7, 11) is 1.94. The van der Waals surface area contributed by atoms with Gasteiger partial charge in [0.15, 0.2) is 0 Å². The summed E-state index contributed by atoms with van der Waals surface area (Å²) in [4.78, 5) is 4.23. The summed E-state index contributed by atoms with van der Waals surface area (Å²) in [6, 6.07) is 7.73. The van der Waals surface area contributed by atoms with Crippen LogP contribution in [0.15, 0.2) is 36.8 Å². The molecule has 0 radical (unpaired) electrons. The predicted octanol–water partition coefficient (Wildman–Crippen LogP) is 2.98. The van der Waals surface area contributed by atoms with Gasteiger partial charge >= 0.3 is 0 Å². The molecule has 0 amide bonds. The summed E-state index contributed by atoms with van der Waals surface area (Å²) in [5.74, 6) is 0. The third-order valence-corrected chi connectivity index (χ3v) is 3.26. The zero-order valence-electron chi connectivity index (χ0n) is 10.2. The summed E-state index contributed by atoms with van der Waals surface area (Å²) in [6.45, 7) is 4.24. The van der Waals surface area contributed by atoms with Crippen molar-refractivity contribution in [2.75, 3.05) is 7.05 Å². The fourth-order valence-electron chi connectivity index (χ4n) is 1.69. The van der Waals surface area contributed by atoms with Gasteiger partial charge in [-0.1, -0.05) is 11.6 Å². The van der Waals surface area contributed by atoms with E-state index >= 15 is 0 Å². The molecule has 2 rings (SSSR count). The highest BCUT2D eigenvalue weighted by molar-refractivity contribution is 6.30. The van der Waals surface area contributed by atoms with Crippen molar-refractivity contribution in [2.24, 2.45) is 0 Å². The molecule has 4 heteroatoms. The van der Waals surface area contributed by atoms with Gasteiger partial charge in [-0.2, -0.15) is 0 Å². The number of halogens is 1. The average Bonchev–Trinajstić information content (AvgIpc) is 2.80. The fraction of sp³-hybridized carbons (Fsp3) is 0.308. The van der Waals surface area contributed by atoms with E-state index in [4.69, 9.17) is 11.6 Å². The Balaban J connectivity index is 2.47. The second kappa shape index (κ2) is 4.51. The Labute approximate surface area is 106 Å². The zero-order chi connectivity index (χ0) is 12.5. The van der Waals surface area contributed by atoms with E-state index < -0.39 is 0 Å². The van der Waals surface area contributed by atoms with Crippen LogP contribution in [0.2, 0.25) is 5.02 Å². The Bertz CT molecular complexity index is 500. The first-order chi connectivity index (χ1) is 8.04. The normalized spacial score (nSPS) is 11.8. The molecule has 0 fully saturated rings. The van der Waals surface area contributed by atoms with Crippen molar-refractivity contribution >= 4 is 11.6 Å². The molecule has 1 N–H and O–H groups in total. The van der Waals surface area contributed by atoms with Gasteiger partial charge in [-0.3, -0.25) is 0 Å². The van der Waals surface area contributed by atoms with Gasteiger partial charge in [0, 0.05) is 10.7 Å². The molecule has 0 atom stereocenters. The van der Waals surface area contributed by atoms with Crippen LogP contribution in [0.1, 0.15) is 19.5 Å². The van der Waals surface area contributed by atoms with E-state index in [1.54, 1.807) is 0 Å². The van der Waals surface area contributed by atoms with Gasteiger partial charge in [-0.25, -0.2) is 4.98 Å². The molecule has 1 aromatic heterocycles. The number of nitrogens with zero attached hydrogens (tertiary/aromatic N) is 2. The average molecular weight is 250 g/mol. The molecule has 0 saturated heterocycles. The maximum absolute atomic E-state index is 5.89. The van der Waals surface area contributed by atoms with Crippen LogP contribution in [0.3, 0.4) is 0 Å². The predicted molar refractivity (Wildman–Crippen MR) is 70.7 cm³/mol. The summed E-state index contributed by atoms with van der Waals surface area (Å²) in [5, 5.41) is 4.02. The smallest absolute Gasteiger partial charge is 0.0994 e. The Morgan fingerprint density at radius 2 is 1.88 bits per heavy atom. The number of rotatable bonds is 3. The highest BCUT2D eigenvalue weighted by atomic mass is 35.5. The van der Waals surface area contributed by atoms with Crippen molar-refractivity contribution in [2.45, 2.75) is 19.4 Å². The van der Waals surface area contributed by atoms with Gasteiger partial charge in [-0.05, 0) is 45.2 Å². The lowest BCUT2D eigenvalue weighted by Gasteiger charge is -2.25. The number of hydrogen-bond acceptors (Lipinski definition) is 2. The molecular formula is C13H16ClN3. The molecule has 0 bridgehead atoms. The number of nitrogens with one attached hydrogen (secondary N) is 1. The highest BCUT2D eigenvalue weighted by Gasteiger charge is 2.22. The lowest BCUT2D eigenvalue weighted by atomic mass is 10.0. The fourth-order valence-corrected chi connectivity index (χ4v) is 1.82. The SMILES string of the molecule is CNC(C)(C)c1cncn1-c1ccc(Cl)cc1. The third-order valence-electron chi connectivity index (χ3n) is 3.01. The lowest BCUT2D eigenvalue weighted by molar-refractivity contribution is 0.425. The van der Waals surface area contributed by atoms with Gasteiger partial charge in [0.05, 0.1) is 23.8 Å². The molecule has 0 saturated carbocycles. The summed E-state index contributed by atoms with van der Waals surface area (Å²) >= 11 is 5.89. The molecule has 3 nitrogen and oxygen atoms in total. The van der Waals surface area contributed by atoms with E-state index in [2.05, 4.69) is 28.7 Å². The van der Waals surface area contributed by atoms with Crippen molar-refractivity contribution in [3.8, 4) is 5.69 Å². The van der Waals surface area contributed by atoms with Crippen molar-refractivity contribution in [1.82, 2.24) is 14.9 Å². The summed E-state index contributed by atoms with van der Waals surface area (Å²) in [6.07, 6.45) is 3.70. The Hall–Kier alpha value is -1.32. The van der Waals surface area contributed by atoms with Crippen LogP contribution in [0.25, 0.3) is 5.69 Å². The molecule has 1 aromatic carbocycles. The third kappa shape index (κ3) is 2.35. The molecule has 17 heavy (non-hydrogen) atoms. The van der Waals surface area contributed by atoms with Crippen LogP contribution in [0.4, 0.5) is 0 Å². The zero-order valence-corrected chi connectivity index (χ0v) is 11.0. The van der Waals surface area contributed by atoms with Gasteiger partial charge in [0.25, 0.3) is 0 Å². The number of imidazole rings is 1. The Morgan fingerprint density at radius 3 is 2.47 bits per heavy atom. The molecule has 0 aliphatic carbocycles. The molecule has 90 valence electrons. The molecule has 0 aliphatic rings. The molecular weight excluding hydrogens is 234 g/mol. The van der Waals surface area contributed by atoms with E-state index in [1.807, 2.05) is 43.8 Å². The first kappa shape index (κ1) is 12.1. The highest BCUT2D eigenvalue weighted by Crippen LogP contribution is 2.23. The van der Waals surface area contributed by atoms with Gasteiger partial charge in [0.1, 0.15) is 0 Å². The van der Waals surface area contributed by atoms with Crippen LogP contribution in [-0.4, -0.2) is 16.6 Å². The van der Waals surface area contributed by atoms with Crippen LogP contribution in [0.5, 0.6) is 0 Å². The van der Waals surface area contributed by atoms with Gasteiger partial charge in [-0.15, -0.1) is 0 Å². The van der Waals surface area contributed by atoms with Crippen molar-refractivity contribution < 1.29 is 0 Å². The second-order valence-corrected chi connectivity index (χ2v) is 4.94. The Kier molecular flexibility index (Phi) is 3.22. The quantitative estimate of drug-likeness (QED) is 0.906. The Morgan fingerprint density at radius 1 is 1.24 bits per heavy atom.